The highest BCUT2D eigenvalue weighted by atomic mass is 15.3. The van der Waals surface area contributed by atoms with Crippen molar-refractivity contribution in [2.45, 2.75) is 0 Å². The maximum atomic E-state index is 5.26. The van der Waals surface area contributed by atoms with Gasteiger partial charge in [-0.05, 0) is 18.2 Å². The molecule has 1 heterocycles. The molecule has 0 unspecified atom stereocenters. The van der Waals surface area contributed by atoms with Crippen molar-refractivity contribution in [3.63, 3.8) is 0 Å². The van der Waals surface area contributed by atoms with E-state index in [0.717, 1.165) is 16.6 Å². The van der Waals surface area contributed by atoms with Crippen LogP contribution in [0, 0.1) is 11.8 Å². The molecule has 4 heteroatoms. The summed E-state index contributed by atoms with van der Waals surface area (Å²) in [5.74, 6) is 5.71. The number of nitrogens with two attached hydrogens (primary N) is 1. The lowest BCUT2D eigenvalue weighted by Crippen LogP contribution is -1.92. The van der Waals surface area contributed by atoms with Crippen LogP contribution in [0.5, 0.6) is 0 Å². The number of nitrogens with one attached hydrogen (secondary N) is 1. The minimum Gasteiger partial charge on any atom is -0.320 e. The smallest absolute Gasteiger partial charge is 0.114 e. The van der Waals surface area contributed by atoms with E-state index in [1.165, 1.54) is 0 Å². The Labute approximate surface area is 75.1 Å². The molecule has 1 aromatic carbocycles. The number of fused-ring (bicyclic) bond motifs is 1. The molecule has 64 valence electrons. The predicted molar refractivity (Wildman–Crippen MR) is 49.8 cm³/mol. The summed E-state index contributed by atoms with van der Waals surface area (Å²) >= 11 is 0. The molecule has 0 aliphatic heterocycles. The van der Waals surface area contributed by atoms with Crippen molar-refractivity contribution >= 4 is 11.0 Å². The van der Waals surface area contributed by atoms with Gasteiger partial charge in [0, 0.05) is 5.56 Å². The third kappa shape index (κ3) is 1.50. The summed E-state index contributed by atoms with van der Waals surface area (Å²) in [4.78, 5) is 0. The summed E-state index contributed by atoms with van der Waals surface area (Å²) in [6, 6.07) is 5.65. The van der Waals surface area contributed by atoms with E-state index in [1.54, 1.807) is 0 Å². The highest BCUT2D eigenvalue weighted by Gasteiger charge is 1.96. The fourth-order valence-corrected chi connectivity index (χ4v) is 1.07. The standard InChI is InChI=1S/C9H8N4/c10-5-1-2-7-3-4-8-9(6-7)12-13-11-8/h3-4,6H,5,10H2,(H,11,12,13). The highest BCUT2D eigenvalue weighted by Crippen LogP contribution is 2.08. The Morgan fingerprint density at radius 3 is 3.00 bits per heavy atom. The van der Waals surface area contributed by atoms with Crippen LogP contribution in [0.25, 0.3) is 11.0 Å². The number of aromatic amines is 1. The quantitative estimate of drug-likeness (QED) is 0.560. The molecule has 0 radical (unpaired) electrons. The van der Waals surface area contributed by atoms with Crippen molar-refractivity contribution in [2.75, 3.05) is 6.54 Å². The van der Waals surface area contributed by atoms with Gasteiger partial charge in [-0.25, -0.2) is 0 Å². The van der Waals surface area contributed by atoms with E-state index >= 15 is 0 Å². The van der Waals surface area contributed by atoms with Crippen LogP contribution >= 0.6 is 0 Å². The number of hydrogen-bond donors (Lipinski definition) is 2. The number of aromatic nitrogens is 3. The normalized spacial score (nSPS) is 9.62. The first-order chi connectivity index (χ1) is 6.40. The Morgan fingerprint density at radius 1 is 1.31 bits per heavy atom. The van der Waals surface area contributed by atoms with Gasteiger partial charge in [0.05, 0.1) is 6.54 Å². The van der Waals surface area contributed by atoms with Gasteiger partial charge in [0.2, 0.25) is 0 Å². The molecule has 0 saturated heterocycles. The number of benzene rings is 1. The van der Waals surface area contributed by atoms with Crippen LogP contribution in [-0.4, -0.2) is 22.0 Å². The first-order valence-electron chi connectivity index (χ1n) is 3.89. The molecule has 0 spiro atoms. The largest absolute Gasteiger partial charge is 0.320 e. The van der Waals surface area contributed by atoms with Crippen LogP contribution in [0.3, 0.4) is 0 Å². The van der Waals surface area contributed by atoms with E-state index in [-0.39, 0.29) is 0 Å². The van der Waals surface area contributed by atoms with Crippen LogP contribution < -0.4 is 5.73 Å². The van der Waals surface area contributed by atoms with Crippen LogP contribution in [0.15, 0.2) is 18.2 Å². The van der Waals surface area contributed by atoms with Gasteiger partial charge in [0.25, 0.3) is 0 Å². The Hall–Kier alpha value is -1.86. The Bertz CT molecular complexity index is 475. The van der Waals surface area contributed by atoms with Crippen LogP contribution in [0.1, 0.15) is 5.56 Å². The molecule has 0 bridgehead atoms. The SMILES string of the molecule is NCC#Cc1ccc2n[nH]nc2c1. The van der Waals surface area contributed by atoms with Crippen LogP contribution in [-0.2, 0) is 0 Å². The van der Waals surface area contributed by atoms with Gasteiger partial charge < -0.3 is 5.73 Å². The molecular weight excluding hydrogens is 164 g/mol. The van der Waals surface area contributed by atoms with Crippen molar-refractivity contribution in [3.05, 3.63) is 23.8 Å². The number of nitrogens with zero attached hydrogens (tertiary/aromatic N) is 2. The van der Waals surface area contributed by atoms with Gasteiger partial charge in [0.1, 0.15) is 11.0 Å². The number of hydrogen-bond acceptors (Lipinski definition) is 3. The van der Waals surface area contributed by atoms with Gasteiger partial charge in [0.15, 0.2) is 0 Å². The second kappa shape index (κ2) is 3.25. The van der Waals surface area contributed by atoms with E-state index in [0.29, 0.717) is 6.54 Å². The van der Waals surface area contributed by atoms with Crippen LogP contribution in [0.4, 0.5) is 0 Å². The van der Waals surface area contributed by atoms with Crippen LogP contribution in [0.2, 0.25) is 0 Å². The molecule has 4 nitrogen and oxygen atoms in total. The molecule has 2 aromatic rings. The average molecular weight is 172 g/mol. The lowest BCUT2D eigenvalue weighted by molar-refractivity contribution is 0.959. The zero-order chi connectivity index (χ0) is 9.10. The summed E-state index contributed by atoms with van der Waals surface area (Å²) in [5, 5.41) is 10.4. The van der Waals surface area contributed by atoms with E-state index in [4.69, 9.17) is 5.73 Å². The average Bonchev–Trinajstić information content (AvgIpc) is 2.61. The summed E-state index contributed by atoms with van der Waals surface area (Å²) < 4.78 is 0. The Balaban J connectivity index is 2.48. The zero-order valence-corrected chi connectivity index (χ0v) is 6.91. The summed E-state index contributed by atoms with van der Waals surface area (Å²) in [6.07, 6.45) is 0. The molecule has 0 atom stereocenters. The minimum atomic E-state index is 0.372. The predicted octanol–water partition coefficient (Wildman–Crippen LogP) is 0.268. The van der Waals surface area contributed by atoms with Gasteiger partial charge in [-0.2, -0.15) is 15.4 Å². The first kappa shape index (κ1) is 7.77. The van der Waals surface area contributed by atoms with Crippen molar-refractivity contribution in [1.29, 1.82) is 0 Å². The zero-order valence-electron chi connectivity index (χ0n) is 6.91. The number of H-pyrrole nitrogens is 1. The minimum absolute atomic E-state index is 0.372. The maximum Gasteiger partial charge on any atom is 0.114 e. The van der Waals surface area contributed by atoms with Gasteiger partial charge in [-0.3, -0.25) is 0 Å². The van der Waals surface area contributed by atoms with Crippen molar-refractivity contribution < 1.29 is 0 Å². The topological polar surface area (TPSA) is 67.6 Å². The summed E-state index contributed by atoms with van der Waals surface area (Å²) in [7, 11) is 0. The van der Waals surface area contributed by atoms with Crippen molar-refractivity contribution in [2.24, 2.45) is 5.73 Å². The highest BCUT2D eigenvalue weighted by molar-refractivity contribution is 5.75. The second-order valence-corrected chi connectivity index (χ2v) is 2.53. The van der Waals surface area contributed by atoms with Gasteiger partial charge in [-0.1, -0.05) is 11.8 Å². The fraction of sp³-hybridized carbons (Fsp3) is 0.111. The molecule has 0 fully saturated rings. The fourth-order valence-electron chi connectivity index (χ4n) is 1.07. The molecule has 0 amide bonds. The maximum absolute atomic E-state index is 5.26. The van der Waals surface area contributed by atoms with E-state index < -0.39 is 0 Å². The lowest BCUT2D eigenvalue weighted by atomic mass is 10.2. The third-order valence-electron chi connectivity index (χ3n) is 1.65. The molecule has 0 aliphatic rings. The van der Waals surface area contributed by atoms with Gasteiger partial charge >= 0.3 is 0 Å². The molecule has 2 rings (SSSR count). The van der Waals surface area contributed by atoms with E-state index in [1.807, 2.05) is 18.2 Å². The number of rotatable bonds is 0. The monoisotopic (exact) mass is 172 g/mol. The molecule has 1 aromatic heterocycles. The molecule has 3 N–H and O–H groups in total. The van der Waals surface area contributed by atoms with Gasteiger partial charge in [-0.15, -0.1) is 0 Å². The van der Waals surface area contributed by atoms with E-state index in [9.17, 15) is 0 Å². The third-order valence-corrected chi connectivity index (χ3v) is 1.65. The second-order valence-electron chi connectivity index (χ2n) is 2.53. The van der Waals surface area contributed by atoms with E-state index in [2.05, 4.69) is 27.3 Å². The Morgan fingerprint density at radius 2 is 2.15 bits per heavy atom. The summed E-state index contributed by atoms with van der Waals surface area (Å²) in [6.45, 7) is 0.372. The Kier molecular flexibility index (Phi) is 1.94. The lowest BCUT2D eigenvalue weighted by Gasteiger charge is -1.87. The summed E-state index contributed by atoms with van der Waals surface area (Å²) in [5.41, 5.74) is 7.84. The molecule has 0 saturated carbocycles. The molecule has 0 aliphatic carbocycles. The van der Waals surface area contributed by atoms with Crippen molar-refractivity contribution in [3.8, 4) is 11.8 Å². The van der Waals surface area contributed by atoms with Crippen molar-refractivity contribution in [1.82, 2.24) is 15.4 Å². The molecular formula is C9H8N4. The molecule has 13 heavy (non-hydrogen) atoms. The first-order valence-corrected chi connectivity index (χ1v) is 3.89.